The van der Waals surface area contributed by atoms with Gasteiger partial charge >= 0.3 is 0 Å². The molecule has 0 bridgehead atoms. The molecule has 0 aliphatic carbocycles. The summed E-state index contributed by atoms with van der Waals surface area (Å²) in [6.45, 7) is 5.19. The number of H-pyrrole nitrogens is 1. The van der Waals surface area contributed by atoms with Gasteiger partial charge in [-0.3, -0.25) is 14.8 Å². The molecule has 0 radical (unpaired) electrons. The van der Waals surface area contributed by atoms with Gasteiger partial charge in [-0.05, 0) is 47.4 Å². The first-order valence-electron chi connectivity index (χ1n) is 12.0. The number of methoxy groups -OCH3 is 1. The molecule has 3 N–H and O–H groups in total. The fraction of sp³-hybridized carbons (Fsp3) is 0.385. The maximum atomic E-state index is 13.3. The van der Waals surface area contributed by atoms with Crippen LogP contribution in [0.3, 0.4) is 0 Å². The van der Waals surface area contributed by atoms with Crippen LogP contribution in [0.5, 0.6) is 5.75 Å². The van der Waals surface area contributed by atoms with Crippen LogP contribution in [0.15, 0.2) is 53.7 Å². The van der Waals surface area contributed by atoms with Crippen molar-refractivity contribution in [2.45, 2.75) is 23.9 Å². The Kier molecular flexibility index (Phi) is 7.68. The molecular formula is C26H31N5O3S. The predicted molar refractivity (Wildman–Crippen MR) is 138 cm³/mol. The van der Waals surface area contributed by atoms with Crippen molar-refractivity contribution in [1.82, 2.24) is 20.4 Å². The van der Waals surface area contributed by atoms with Crippen molar-refractivity contribution in [2.75, 3.05) is 51.0 Å². The van der Waals surface area contributed by atoms with E-state index in [9.17, 15) is 4.79 Å². The van der Waals surface area contributed by atoms with Gasteiger partial charge in [0.25, 0.3) is 0 Å². The molecule has 1 aromatic heterocycles. The first kappa shape index (κ1) is 23.9. The fourth-order valence-electron chi connectivity index (χ4n) is 4.47. The van der Waals surface area contributed by atoms with E-state index in [1.165, 1.54) is 5.56 Å². The summed E-state index contributed by atoms with van der Waals surface area (Å²) < 4.78 is 10.8. The number of anilines is 1. The second kappa shape index (κ2) is 11.3. The van der Waals surface area contributed by atoms with E-state index in [1.807, 2.05) is 36.7 Å². The van der Waals surface area contributed by atoms with E-state index in [4.69, 9.17) is 9.47 Å². The topological polar surface area (TPSA) is 91.5 Å². The maximum absolute atomic E-state index is 13.3. The Hall–Kier alpha value is -2.85. The number of aromatic nitrogens is 2. The van der Waals surface area contributed by atoms with Gasteiger partial charge in [0.2, 0.25) is 5.91 Å². The van der Waals surface area contributed by atoms with E-state index >= 15 is 0 Å². The van der Waals surface area contributed by atoms with Crippen LogP contribution in [0, 0.1) is 0 Å². The summed E-state index contributed by atoms with van der Waals surface area (Å²) in [5.74, 6) is 1.73. The average molecular weight is 494 g/mol. The Morgan fingerprint density at radius 1 is 1.20 bits per heavy atom. The number of carbonyl (C=O) groups excluding carboxylic acids is 1. The number of ether oxygens (including phenoxy) is 2. The average Bonchev–Trinajstić information content (AvgIpc) is 3.44. The van der Waals surface area contributed by atoms with Crippen molar-refractivity contribution in [3.05, 3.63) is 59.9 Å². The lowest BCUT2D eigenvalue weighted by Crippen LogP contribution is -2.44. The van der Waals surface area contributed by atoms with Gasteiger partial charge in [0.1, 0.15) is 5.75 Å². The monoisotopic (exact) mass is 493 g/mol. The van der Waals surface area contributed by atoms with Gasteiger partial charge in [0, 0.05) is 48.6 Å². The Labute approximate surface area is 209 Å². The summed E-state index contributed by atoms with van der Waals surface area (Å²) in [6, 6.07) is 11.9. The zero-order valence-electron chi connectivity index (χ0n) is 19.9. The van der Waals surface area contributed by atoms with Crippen molar-refractivity contribution in [3.63, 3.8) is 0 Å². The quantitative estimate of drug-likeness (QED) is 0.415. The highest BCUT2D eigenvalue weighted by molar-refractivity contribution is 7.99. The third-order valence-electron chi connectivity index (χ3n) is 6.53. The molecule has 2 aromatic carbocycles. The number of carbonyl (C=O) groups is 1. The second-order valence-electron chi connectivity index (χ2n) is 8.76. The van der Waals surface area contributed by atoms with Gasteiger partial charge in [-0.15, -0.1) is 11.8 Å². The molecule has 35 heavy (non-hydrogen) atoms. The molecule has 2 aliphatic heterocycles. The van der Waals surface area contributed by atoms with Crippen molar-refractivity contribution in [3.8, 4) is 16.9 Å². The Bertz CT molecular complexity index is 1150. The Morgan fingerprint density at radius 2 is 2.09 bits per heavy atom. The number of morpholine rings is 1. The van der Waals surface area contributed by atoms with Crippen molar-refractivity contribution < 1.29 is 14.3 Å². The largest absolute Gasteiger partial charge is 0.497 e. The summed E-state index contributed by atoms with van der Waals surface area (Å²) in [5, 5.41) is 13.5. The van der Waals surface area contributed by atoms with Gasteiger partial charge in [0.05, 0.1) is 38.2 Å². The van der Waals surface area contributed by atoms with E-state index in [-0.39, 0.29) is 11.9 Å². The van der Waals surface area contributed by atoms with Crippen LogP contribution in [0.1, 0.15) is 11.1 Å². The smallest absolute Gasteiger partial charge is 0.241 e. The number of benzene rings is 2. The standard InChI is InChI=1S/C26H31N5O3S/c1-33-22-4-2-19-15-27-24(13-20(19)12-22)26(32)30-23-5-3-18(21-16-28-29-17-21)14-25(23)35-11-8-31-6-9-34-10-7-31/h2-5,12,14,16-17,24,27H,6-11,13,15H2,1H3,(H,28,29)(H,30,32). The minimum atomic E-state index is -0.297. The van der Waals surface area contributed by atoms with Crippen LogP contribution in [0.4, 0.5) is 5.69 Å². The van der Waals surface area contributed by atoms with Gasteiger partial charge in [-0.1, -0.05) is 12.1 Å². The Morgan fingerprint density at radius 3 is 2.89 bits per heavy atom. The van der Waals surface area contributed by atoms with Crippen molar-refractivity contribution in [2.24, 2.45) is 0 Å². The van der Waals surface area contributed by atoms with E-state index in [0.29, 0.717) is 13.0 Å². The van der Waals surface area contributed by atoms with Gasteiger partial charge in [0.15, 0.2) is 0 Å². The lowest BCUT2D eigenvalue weighted by atomic mass is 9.95. The molecule has 3 aromatic rings. The zero-order valence-corrected chi connectivity index (χ0v) is 20.7. The van der Waals surface area contributed by atoms with Crippen LogP contribution >= 0.6 is 11.8 Å². The predicted octanol–water partition coefficient (Wildman–Crippen LogP) is 3.16. The second-order valence-corrected chi connectivity index (χ2v) is 9.90. The van der Waals surface area contributed by atoms with Crippen LogP contribution < -0.4 is 15.4 Å². The molecule has 2 aliphatic rings. The SMILES string of the molecule is COc1ccc2c(c1)CC(C(=O)Nc1ccc(-c3cn[nH]c3)cc1SCCN1CCOCC1)NC2. The van der Waals surface area contributed by atoms with E-state index in [1.54, 1.807) is 18.9 Å². The van der Waals surface area contributed by atoms with E-state index in [0.717, 1.165) is 71.6 Å². The number of amides is 1. The van der Waals surface area contributed by atoms with Gasteiger partial charge in [-0.2, -0.15) is 5.10 Å². The molecule has 0 saturated carbocycles. The van der Waals surface area contributed by atoms with Gasteiger partial charge in [-0.25, -0.2) is 0 Å². The molecule has 5 rings (SSSR count). The lowest BCUT2D eigenvalue weighted by molar-refractivity contribution is -0.118. The summed E-state index contributed by atoms with van der Waals surface area (Å²) in [4.78, 5) is 16.7. The third-order valence-corrected chi connectivity index (χ3v) is 7.57. The third kappa shape index (κ3) is 5.87. The number of nitrogens with zero attached hydrogens (tertiary/aromatic N) is 2. The summed E-state index contributed by atoms with van der Waals surface area (Å²) in [6.07, 6.45) is 4.33. The molecule has 1 fully saturated rings. The first-order chi connectivity index (χ1) is 17.2. The molecule has 1 unspecified atom stereocenters. The number of thioether (sulfide) groups is 1. The highest BCUT2D eigenvalue weighted by Crippen LogP contribution is 2.33. The number of rotatable bonds is 8. The highest BCUT2D eigenvalue weighted by atomic mass is 32.2. The minimum absolute atomic E-state index is 0.0236. The summed E-state index contributed by atoms with van der Waals surface area (Å²) >= 11 is 1.77. The maximum Gasteiger partial charge on any atom is 0.241 e. The molecule has 1 saturated heterocycles. The molecule has 0 spiro atoms. The van der Waals surface area contributed by atoms with Crippen LogP contribution in [-0.4, -0.2) is 72.8 Å². The van der Waals surface area contributed by atoms with Crippen LogP contribution in [0.25, 0.3) is 11.1 Å². The molecule has 1 atom stereocenters. The van der Waals surface area contributed by atoms with Crippen molar-refractivity contribution in [1.29, 1.82) is 0 Å². The number of aromatic amines is 1. The normalized spacial score (nSPS) is 18.1. The number of fused-ring (bicyclic) bond motifs is 1. The van der Waals surface area contributed by atoms with E-state index < -0.39 is 0 Å². The minimum Gasteiger partial charge on any atom is -0.497 e. The number of hydrogen-bond donors (Lipinski definition) is 3. The summed E-state index contributed by atoms with van der Waals surface area (Å²) in [5.41, 5.74) is 5.30. The summed E-state index contributed by atoms with van der Waals surface area (Å²) in [7, 11) is 1.67. The first-order valence-corrected chi connectivity index (χ1v) is 12.9. The zero-order chi connectivity index (χ0) is 24.0. The fourth-order valence-corrected chi connectivity index (χ4v) is 5.52. The molecule has 8 nitrogen and oxygen atoms in total. The molecular weight excluding hydrogens is 462 g/mol. The van der Waals surface area contributed by atoms with Crippen LogP contribution in [-0.2, 0) is 22.5 Å². The molecule has 184 valence electrons. The molecule has 3 heterocycles. The highest BCUT2D eigenvalue weighted by Gasteiger charge is 2.25. The van der Waals surface area contributed by atoms with E-state index in [2.05, 4.69) is 37.9 Å². The van der Waals surface area contributed by atoms with Crippen molar-refractivity contribution >= 4 is 23.4 Å². The number of nitrogens with one attached hydrogen (secondary N) is 3. The van der Waals surface area contributed by atoms with Crippen LogP contribution in [0.2, 0.25) is 0 Å². The molecule has 9 heteroatoms. The lowest BCUT2D eigenvalue weighted by Gasteiger charge is -2.27. The molecule has 1 amide bonds. The Balaban J connectivity index is 1.29. The number of hydrogen-bond acceptors (Lipinski definition) is 7. The van der Waals surface area contributed by atoms with Gasteiger partial charge < -0.3 is 20.1 Å².